The summed E-state index contributed by atoms with van der Waals surface area (Å²) in [5, 5.41) is 0. The Hall–Kier alpha value is -2.70. The van der Waals surface area contributed by atoms with E-state index in [1.165, 1.54) is 5.70 Å². The van der Waals surface area contributed by atoms with Crippen LogP contribution in [0.3, 0.4) is 0 Å². The van der Waals surface area contributed by atoms with Crippen LogP contribution in [0, 0.1) is 0 Å². The first-order chi connectivity index (χ1) is 10.1. The molecule has 0 atom stereocenters. The molecule has 0 amide bonds. The SMILES string of the molecule is CN(Cc1cnc2nc(N)nc(N)c2n1)C1=CCCC=C1. The fourth-order valence-electron chi connectivity index (χ4n) is 2.28. The van der Waals surface area contributed by atoms with E-state index < -0.39 is 0 Å². The monoisotopic (exact) mass is 283 g/mol. The van der Waals surface area contributed by atoms with Crippen LogP contribution in [0.1, 0.15) is 18.5 Å². The first-order valence-corrected chi connectivity index (χ1v) is 6.76. The predicted molar refractivity (Wildman–Crippen MR) is 81.9 cm³/mol. The molecule has 3 rings (SSSR count). The number of aromatic nitrogens is 4. The van der Waals surface area contributed by atoms with Crippen LogP contribution in [0.15, 0.2) is 30.1 Å². The van der Waals surface area contributed by atoms with E-state index in [4.69, 9.17) is 11.5 Å². The molecule has 0 bridgehead atoms. The minimum absolute atomic E-state index is 0.108. The number of allylic oxidation sites excluding steroid dienone is 3. The van der Waals surface area contributed by atoms with Gasteiger partial charge in [-0.15, -0.1) is 0 Å². The van der Waals surface area contributed by atoms with Crippen LogP contribution in [0.5, 0.6) is 0 Å². The van der Waals surface area contributed by atoms with Crippen molar-refractivity contribution in [3.05, 3.63) is 35.8 Å². The van der Waals surface area contributed by atoms with E-state index in [0.29, 0.717) is 17.7 Å². The third-order valence-corrected chi connectivity index (χ3v) is 3.32. The number of hydrogen-bond acceptors (Lipinski definition) is 7. The molecule has 1 aliphatic rings. The Morgan fingerprint density at radius 1 is 1.19 bits per heavy atom. The van der Waals surface area contributed by atoms with Crippen LogP contribution in [-0.2, 0) is 6.54 Å². The smallest absolute Gasteiger partial charge is 0.224 e. The number of anilines is 2. The van der Waals surface area contributed by atoms with E-state index in [2.05, 4.69) is 43.1 Å². The highest BCUT2D eigenvalue weighted by molar-refractivity contribution is 5.81. The molecule has 0 saturated heterocycles. The standard InChI is InChI=1S/C14H17N7/c1-21(10-5-3-2-4-6-10)8-9-7-17-13-11(18-9)12(15)19-14(16)20-13/h3,5-7H,2,4,8H2,1H3,(H4,15,16,17,19,20). The molecular weight excluding hydrogens is 266 g/mol. The summed E-state index contributed by atoms with van der Waals surface area (Å²) >= 11 is 0. The van der Waals surface area contributed by atoms with Gasteiger partial charge in [0.15, 0.2) is 17.0 Å². The Kier molecular flexibility index (Phi) is 3.39. The molecule has 2 aromatic heterocycles. The van der Waals surface area contributed by atoms with Crippen molar-refractivity contribution in [3.8, 4) is 0 Å². The number of nitrogen functional groups attached to an aromatic ring is 2. The number of fused-ring (bicyclic) bond motifs is 1. The molecular formula is C14H17N7. The molecule has 0 fully saturated rings. The Morgan fingerprint density at radius 3 is 2.81 bits per heavy atom. The highest BCUT2D eigenvalue weighted by Gasteiger charge is 2.10. The molecule has 0 saturated carbocycles. The topological polar surface area (TPSA) is 107 Å². The van der Waals surface area contributed by atoms with Gasteiger partial charge in [-0.3, -0.25) is 0 Å². The van der Waals surface area contributed by atoms with Crippen LogP contribution >= 0.6 is 0 Å². The lowest BCUT2D eigenvalue weighted by atomic mass is 10.1. The largest absolute Gasteiger partial charge is 0.382 e. The van der Waals surface area contributed by atoms with Gasteiger partial charge < -0.3 is 16.4 Å². The summed E-state index contributed by atoms with van der Waals surface area (Å²) in [6.07, 6.45) is 10.4. The maximum absolute atomic E-state index is 5.83. The zero-order chi connectivity index (χ0) is 14.8. The van der Waals surface area contributed by atoms with Crippen molar-refractivity contribution in [2.24, 2.45) is 0 Å². The summed E-state index contributed by atoms with van der Waals surface area (Å²) in [4.78, 5) is 18.8. The van der Waals surface area contributed by atoms with Crippen LogP contribution in [0.2, 0.25) is 0 Å². The molecule has 108 valence electrons. The molecule has 7 nitrogen and oxygen atoms in total. The van der Waals surface area contributed by atoms with Gasteiger partial charge in [0, 0.05) is 12.7 Å². The van der Waals surface area contributed by atoms with E-state index in [0.717, 1.165) is 18.5 Å². The van der Waals surface area contributed by atoms with E-state index in [9.17, 15) is 0 Å². The third-order valence-electron chi connectivity index (χ3n) is 3.32. The highest BCUT2D eigenvalue weighted by Crippen LogP contribution is 2.17. The Balaban J connectivity index is 1.87. The summed E-state index contributed by atoms with van der Waals surface area (Å²) in [6.45, 7) is 0.642. The molecule has 1 aliphatic carbocycles. The lowest BCUT2D eigenvalue weighted by molar-refractivity contribution is 0.415. The fourth-order valence-corrected chi connectivity index (χ4v) is 2.28. The number of nitrogens with zero attached hydrogens (tertiary/aromatic N) is 5. The van der Waals surface area contributed by atoms with Crippen molar-refractivity contribution in [2.45, 2.75) is 19.4 Å². The summed E-state index contributed by atoms with van der Waals surface area (Å²) in [7, 11) is 2.02. The highest BCUT2D eigenvalue weighted by atomic mass is 15.1. The van der Waals surface area contributed by atoms with Crippen molar-refractivity contribution in [1.82, 2.24) is 24.8 Å². The van der Waals surface area contributed by atoms with Gasteiger partial charge in [0.1, 0.15) is 0 Å². The summed E-state index contributed by atoms with van der Waals surface area (Å²) in [5.74, 6) is 0.364. The third kappa shape index (κ3) is 2.76. The second kappa shape index (κ2) is 5.35. The van der Waals surface area contributed by atoms with Crippen LogP contribution in [-0.4, -0.2) is 31.9 Å². The van der Waals surface area contributed by atoms with Gasteiger partial charge in [-0.25, -0.2) is 9.97 Å². The number of rotatable bonds is 3. The van der Waals surface area contributed by atoms with E-state index >= 15 is 0 Å². The average molecular weight is 283 g/mol. The van der Waals surface area contributed by atoms with Gasteiger partial charge in [0.2, 0.25) is 5.95 Å². The van der Waals surface area contributed by atoms with Crippen molar-refractivity contribution < 1.29 is 0 Å². The zero-order valence-corrected chi connectivity index (χ0v) is 11.8. The molecule has 2 aromatic rings. The predicted octanol–water partition coefficient (Wildman–Crippen LogP) is 1.25. The second-order valence-electron chi connectivity index (χ2n) is 4.97. The molecule has 0 aliphatic heterocycles. The van der Waals surface area contributed by atoms with Gasteiger partial charge in [0.05, 0.1) is 18.4 Å². The lowest BCUT2D eigenvalue weighted by Crippen LogP contribution is -2.18. The van der Waals surface area contributed by atoms with E-state index in [1.807, 2.05) is 7.05 Å². The Labute approximate surface area is 122 Å². The van der Waals surface area contributed by atoms with Crippen LogP contribution in [0.25, 0.3) is 11.2 Å². The van der Waals surface area contributed by atoms with Gasteiger partial charge >= 0.3 is 0 Å². The summed E-state index contributed by atoms with van der Waals surface area (Å²) < 4.78 is 0. The maximum Gasteiger partial charge on any atom is 0.224 e. The Bertz CT molecular complexity index is 735. The number of likely N-dealkylation sites (N-methyl/N-ethyl adjacent to an activating group) is 1. The molecule has 2 heterocycles. The van der Waals surface area contributed by atoms with Gasteiger partial charge in [-0.2, -0.15) is 9.97 Å². The maximum atomic E-state index is 5.83. The van der Waals surface area contributed by atoms with E-state index in [1.54, 1.807) is 6.20 Å². The molecule has 0 radical (unpaired) electrons. The van der Waals surface area contributed by atoms with E-state index in [-0.39, 0.29) is 11.8 Å². The minimum atomic E-state index is 0.108. The van der Waals surface area contributed by atoms with Crippen LogP contribution in [0.4, 0.5) is 11.8 Å². The quantitative estimate of drug-likeness (QED) is 0.872. The van der Waals surface area contributed by atoms with Gasteiger partial charge in [-0.05, 0) is 18.9 Å². The number of hydrogen-bond donors (Lipinski definition) is 2. The average Bonchev–Trinajstić information content (AvgIpc) is 2.48. The van der Waals surface area contributed by atoms with Crippen molar-refractivity contribution in [1.29, 1.82) is 0 Å². The molecule has 4 N–H and O–H groups in total. The molecule has 0 spiro atoms. The molecule has 7 heteroatoms. The first kappa shape index (κ1) is 13.3. The second-order valence-corrected chi connectivity index (χ2v) is 4.97. The first-order valence-electron chi connectivity index (χ1n) is 6.76. The summed E-state index contributed by atoms with van der Waals surface area (Å²) in [5.41, 5.74) is 14.3. The molecule has 21 heavy (non-hydrogen) atoms. The van der Waals surface area contributed by atoms with Crippen molar-refractivity contribution in [2.75, 3.05) is 18.5 Å². The molecule has 0 aromatic carbocycles. The zero-order valence-electron chi connectivity index (χ0n) is 11.8. The number of nitrogens with two attached hydrogens (primary N) is 2. The fraction of sp³-hybridized carbons (Fsp3) is 0.286. The molecule has 0 unspecified atom stereocenters. The Morgan fingerprint density at radius 2 is 2.05 bits per heavy atom. The van der Waals surface area contributed by atoms with Gasteiger partial charge in [-0.1, -0.05) is 12.2 Å². The van der Waals surface area contributed by atoms with Crippen LogP contribution < -0.4 is 11.5 Å². The summed E-state index contributed by atoms with van der Waals surface area (Å²) in [6, 6.07) is 0. The lowest BCUT2D eigenvalue weighted by Gasteiger charge is -2.21. The normalized spacial score (nSPS) is 14.2. The minimum Gasteiger partial charge on any atom is -0.382 e. The van der Waals surface area contributed by atoms with Crippen molar-refractivity contribution in [3.63, 3.8) is 0 Å². The van der Waals surface area contributed by atoms with Gasteiger partial charge in [0.25, 0.3) is 0 Å². The van der Waals surface area contributed by atoms with Crippen molar-refractivity contribution >= 4 is 22.9 Å².